The third-order valence-electron chi connectivity index (χ3n) is 4.00. The Kier molecular flexibility index (Phi) is 6.50. The molecular weight excluding hydrogens is 355 g/mol. The maximum atomic E-state index is 13.2. The number of amides is 1. The average Bonchev–Trinajstić information content (AvgIpc) is 2.53. The number of sulfonamides is 1. The minimum Gasteiger partial charge on any atom is -0.337 e. The standard InChI is InChI=1S/C19H23FN2O3S/c1-14-5-4-6-17(11-14)13-22(16(3)23)10-9-21-26(24,25)19-8-7-18(20)12-15(19)2/h4-8,11-12,21H,9-10,13H2,1-3H3. The Morgan fingerprint density at radius 2 is 1.88 bits per heavy atom. The largest absolute Gasteiger partial charge is 0.337 e. The normalized spacial score (nSPS) is 11.4. The van der Waals surface area contributed by atoms with E-state index in [2.05, 4.69) is 4.72 Å². The molecule has 140 valence electrons. The van der Waals surface area contributed by atoms with Gasteiger partial charge < -0.3 is 4.90 Å². The van der Waals surface area contributed by atoms with Gasteiger partial charge in [0.1, 0.15) is 5.82 Å². The van der Waals surface area contributed by atoms with Gasteiger partial charge in [-0.2, -0.15) is 0 Å². The summed E-state index contributed by atoms with van der Waals surface area (Å²) < 4.78 is 40.4. The summed E-state index contributed by atoms with van der Waals surface area (Å²) in [5.74, 6) is -0.619. The Labute approximate surface area is 153 Å². The van der Waals surface area contributed by atoms with Gasteiger partial charge in [-0.1, -0.05) is 29.8 Å². The molecule has 0 aromatic heterocycles. The summed E-state index contributed by atoms with van der Waals surface area (Å²) in [6.07, 6.45) is 0. The van der Waals surface area contributed by atoms with Crippen LogP contribution < -0.4 is 4.72 Å². The molecule has 5 nitrogen and oxygen atoms in total. The fraction of sp³-hybridized carbons (Fsp3) is 0.316. The van der Waals surface area contributed by atoms with Gasteiger partial charge in [0.25, 0.3) is 0 Å². The molecule has 0 aliphatic heterocycles. The van der Waals surface area contributed by atoms with Crippen molar-refractivity contribution in [3.05, 3.63) is 65.0 Å². The molecule has 0 aliphatic rings. The Hall–Kier alpha value is -2.25. The Morgan fingerprint density at radius 3 is 2.50 bits per heavy atom. The van der Waals surface area contributed by atoms with Gasteiger partial charge in [-0.25, -0.2) is 17.5 Å². The molecule has 2 aromatic rings. The summed E-state index contributed by atoms with van der Waals surface area (Å²) in [5.41, 5.74) is 2.41. The minimum absolute atomic E-state index is 0.0342. The molecule has 0 heterocycles. The maximum absolute atomic E-state index is 13.2. The lowest BCUT2D eigenvalue weighted by Crippen LogP contribution is -2.37. The van der Waals surface area contributed by atoms with E-state index >= 15 is 0 Å². The van der Waals surface area contributed by atoms with E-state index in [1.807, 2.05) is 31.2 Å². The van der Waals surface area contributed by atoms with Gasteiger partial charge in [-0.05, 0) is 43.2 Å². The van der Waals surface area contributed by atoms with Crippen molar-refractivity contribution in [2.45, 2.75) is 32.2 Å². The van der Waals surface area contributed by atoms with Crippen LogP contribution in [0.5, 0.6) is 0 Å². The van der Waals surface area contributed by atoms with Crippen LogP contribution in [-0.4, -0.2) is 32.3 Å². The van der Waals surface area contributed by atoms with Crippen LogP contribution in [0.2, 0.25) is 0 Å². The van der Waals surface area contributed by atoms with E-state index in [1.165, 1.54) is 26.0 Å². The predicted molar refractivity (Wildman–Crippen MR) is 98.6 cm³/mol. The molecule has 26 heavy (non-hydrogen) atoms. The summed E-state index contributed by atoms with van der Waals surface area (Å²) in [6.45, 7) is 5.69. The highest BCUT2D eigenvalue weighted by atomic mass is 32.2. The lowest BCUT2D eigenvalue weighted by atomic mass is 10.1. The second-order valence-corrected chi connectivity index (χ2v) is 7.97. The maximum Gasteiger partial charge on any atom is 0.240 e. The van der Waals surface area contributed by atoms with E-state index in [4.69, 9.17) is 0 Å². The van der Waals surface area contributed by atoms with Gasteiger partial charge in [0, 0.05) is 26.6 Å². The molecule has 0 spiro atoms. The average molecular weight is 378 g/mol. The lowest BCUT2D eigenvalue weighted by molar-refractivity contribution is -0.129. The number of rotatable bonds is 7. The SMILES string of the molecule is CC(=O)N(CCNS(=O)(=O)c1ccc(F)cc1C)Cc1cccc(C)c1. The van der Waals surface area contributed by atoms with Gasteiger partial charge in [0.05, 0.1) is 4.90 Å². The van der Waals surface area contributed by atoms with Crippen molar-refractivity contribution in [2.24, 2.45) is 0 Å². The first-order chi connectivity index (χ1) is 12.2. The van der Waals surface area contributed by atoms with Crippen molar-refractivity contribution in [3.63, 3.8) is 0 Å². The first-order valence-corrected chi connectivity index (χ1v) is 9.74. The van der Waals surface area contributed by atoms with E-state index in [1.54, 1.807) is 4.90 Å². The predicted octanol–water partition coefficient (Wildman–Crippen LogP) is 2.77. The fourth-order valence-electron chi connectivity index (χ4n) is 2.69. The smallest absolute Gasteiger partial charge is 0.240 e. The molecule has 0 radical (unpaired) electrons. The minimum atomic E-state index is -3.76. The van der Waals surface area contributed by atoms with Gasteiger partial charge in [0.15, 0.2) is 0 Å². The van der Waals surface area contributed by atoms with Gasteiger partial charge >= 0.3 is 0 Å². The fourth-order valence-corrected chi connectivity index (χ4v) is 3.93. The number of nitrogens with one attached hydrogen (secondary N) is 1. The lowest BCUT2D eigenvalue weighted by Gasteiger charge is -2.21. The molecule has 1 N–H and O–H groups in total. The molecule has 0 unspecified atom stereocenters. The summed E-state index contributed by atoms with van der Waals surface area (Å²) in [7, 11) is -3.76. The van der Waals surface area contributed by atoms with Crippen molar-refractivity contribution in [1.82, 2.24) is 9.62 Å². The van der Waals surface area contributed by atoms with Crippen LogP contribution in [-0.2, 0) is 21.4 Å². The number of carbonyl (C=O) groups excluding carboxylic acids is 1. The van der Waals surface area contributed by atoms with Crippen LogP contribution >= 0.6 is 0 Å². The zero-order valence-corrected chi connectivity index (χ0v) is 15.9. The van der Waals surface area contributed by atoms with Crippen molar-refractivity contribution in [2.75, 3.05) is 13.1 Å². The molecule has 2 rings (SSSR count). The molecule has 2 aromatic carbocycles. The van der Waals surface area contributed by atoms with Crippen molar-refractivity contribution in [3.8, 4) is 0 Å². The Morgan fingerprint density at radius 1 is 1.15 bits per heavy atom. The van der Waals surface area contributed by atoms with Crippen LogP contribution in [0, 0.1) is 19.7 Å². The zero-order valence-electron chi connectivity index (χ0n) is 15.1. The van der Waals surface area contributed by atoms with Gasteiger partial charge in [0.2, 0.25) is 15.9 Å². The Balaban J connectivity index is 2.02. The van der Waals surface area contributed by atoms with Crippen LogP contribution in [0.3, 0.4) is 0 Å². The molecular formula is C19H23FN2O3S. The van der Waals surface area contributed by atoms with E-state index in [9.17, 15) is 17.6 Å². The Bertz CT molecular complexity index is 897. The number of hydrogen-bond donors (Lipinski definition) is 1. The third-order valence-corrected chi connectivity index (χ3v) is 5.62. The van der Waals surface area contributed by atoms with E-state index in [0.29, 0.717) is 12.1 Å². The molecule has 1 amide bonds. The third kappa shape index (κ3) is 5.37. The van der Waals surface area contributed by atoms with E-state index in [-0.39, 0.29) is 23.9 Å². The number of carbonyl (C=O) groups is 1. The first kappa shape index (κ1) is 20.1. The van der Waals surface area contributed by atoms with Crippen LogP contribution in [0.15, 0.2) is 47.4 Å². The number of benzene rings is 2. The molecule has 0 aliphatic carbocycles. The highest BCUT2D eigenvalue weighted by Crippen LogP contribution is 2.16. The van der Waals surface area contributed by atoms with Crippen molar-refractivity contribution >= 4 is 15.9 Å². The zero-order chi connectivity index (χ0) is 19.3. The summed E-state index contributed by atoms with van der Waals surface area (Å²) in [5, 5.41) is 0. The quantitative estimate of drug-likeness (QED) is 0.806. The molecule has 0 saturated heterocycles. The molecule has 0 bridgehead atoms. The topological polar surface area (TPSA) is 66.5 Å². The second-order valence-electron chi connectivity index (χ2n) is 6.24. The van der Waals surface area contributed by atoms with Crippen molar-refractivity contribution < 1.29 is 17.6 Å². The number of halogens is 1. The summed E-state index contributed by atoms with van der Waals surface area (Å²) >= 11 is 0. The first-order valence-electron chi connectivity index (χ1n) is 8.26. The molecule has 7 heteroatoms. The second kappa shape index (κ2) is 8.42. The molecule has 0 fully saturated rings. The van der Waals surface area contributed by atoms with Crippen LogP contribution in [0.1, 0.15) is 23.6 Å². The monoisotopic (exact) mass is 378 g/mol. The number of hydrogen-bond acceptors (Lipinski definition) is 3. The number of aryl methyl sites for hydroxylation is 2. The highest BCUT2D eigenvalue weighted by Gasteiger charge is 2.18. The molecule has 0 atom stereocenters. The number of nitrogens with zero attached hydrogens (tertiary/aromatic N) is 1. The van der Waals surface area contributed by atoms with Gasteiger partial charge in [-0.3, -0.25) is 4.79 Å². The van der Waals surface area contributed by atoms with Gasteiger partial charge in [-0.15, -0.1) is 0 Å². The highest BCUT2D eigenvalue weighted by molar-refractivity contribution is 7.89. The van der Waals surface area contributed by atoms with Crippen molar-refractivity contribution in [1.29, 1.82) is 0 Å². The summed E-state index contributed by atoms with van der Waals surface area (Å²) in [6, 6.07) is 11.3. The summed E-state index contributed by atoms with van der Waals surface area (Å²) in [4.78, 5) is 13.5. The van der Waals surface area contributed by atoms with E-state index < -0.39 is 15.8 Å². The molecule has 0 saturated carbocycles. The van der Waals surface area contributed by atoms with E-state index in [0.717, 1.165) is 17.2 Å². The van der Waals surface area contributed by atoms with Crippen LogP contribution in [0.25, 0.3) is 0 Å². The van der Waals surface area contributed by atoms with Crippen LogP contribution in [0.4, 0.5) is 4.39 Å².